The van der Waals surface area contributed by atoms with Crippen molar-refractivity contribution in [3.8, 4) is 5.75 Å². The third kappa shape index (κ3) is 5.44. The smallest absolute Gasteiger partial charge is 0.416 e. The zero-order valence-electron chi connectivity index (χ0n) is 14.5. The average Bonchev–Trinajstić information content (AvgIpc) is 2.65. The van der Waals surface area contributed by atoms with Crippen LogP contribution in [0.5, 0.6) is 5.75 Å². The number of benzene rings is 2. The number of aliphatic hydroxyl groups excluding tert-OH is 1. The fourth-order valence-corrected chi connectivity index (χ4v) is 3.37. The Morgan fingerprint density at radius 3 is 2.36 bits per heavy atom. The monoisotopic (exact) mass is 418 g/mol. The molecule has 1 amide bonds. The Kier molecular flexibility index (Phi) is 6.65. The van der Waals surface area contributed by atoms with Crippen LogP contribution in [0, 0.1) is 0 Å². The van der Waals surface area contributed by atoms with E-state index in [2.05, 4.69) is 5.32 Å². The first kappa shape index (κ1) is 21.7. The molecular weight excluding hydrogens is 401 g/mol. The summed E-state index contributed by atoms with van der Waals surface area (Å²) in [6.45, 7) is -0.903. The number of halogens is 3. The van der Waals surface area contributed by atoms with Crippen molar-refractivity contribution in [2.75, 3.05) is 19.0 Å². The first-order valence-corrected chi connectivity index (χ1v) is 9.30. The maximum absolute atomic E-state index is 12.7. The van der Waals surface area contributed by atoms with Crippen molar-refractivity contribution in [2.24, 2.45) is 0 Å². The Bertz CT molecular complexity index is 931. The lowest BCUT2D eigenvalue weighted by Crippen LogP contribution is -2.46. The van der Waals surface area contributed by atoms with Crippen molar-refractivity contribution in [2.45, 2.75) is 17.1 Å². The number of methoxy groups -OCH3 is 1. The molecule has 0 aliphatic carbocycles. The number of hydrogen-bond donors (Lipinski definition) is 3. The number of hydrogen-bond acceptors (Lipinski definition) is 5. The number of alkyl halides is 3. The van der Waals surface area contributed by atoms with E-state index < -0.39 is 40.3 Å². The van der Waals surface area contributed by atoms with Gasteiger partial charge in [-0.3, -0.25) is 4.79 Å². The predicted octanol–water partition coefficient (Wildman–Crippen LogP) is 1.99. The standard InChI is InChI=1S/C17H17F3N2O5S/c1-27-13-5-7-14(8-6-13)28(25,26)22-15(10-23)16(24)21-12-4-2-3-11(9-12)17(18,19)20/h2-9,15,22-23H,10H2,1H3,(H,21,24). The van der Waals surface area contributed by atoms with E-state index in [1.54, 1.807) is 0 Å². The minimum Gasteiger partial charge on any atom is -0.497 e. The van der Waals surface area contributed by atoms with Crippen LogP contribution in [-0.2, 0) is 21.0 Å². The van der Waals surface area contributed by atoms with Gasteiger partial charge >= 0.3 is 6.18 Å². The van der Waals surface area contributed by atoms with Gasteiger partial charge < -0.3 is 15.2 Å². The molecule has 2 aromatic rings. The molecule has 152 valence electrons. The van der Waals surface area contributed by atoms with Gasteiger partial charge in [-0.1, -0.05) is 6.07 Å². The van der Waals surface area contributed by atoms with Gasteiger partial charge in [0.1, 0.15) is 11.8 Å². The zero-order valence-corrected chi connectivity index (χ0v) is 15.3. The van der Waals surface area contributed by atoms with Crippen molar-refractivity contribution in [3.05, 3.63) is 54.1 Å². The molecule has 0 bridgehead atoms. The van der Waals surface area contributed by atoms with Crippen LogP contribution in [0.2, 0.25) is 0 Å². The summed E-state index contributed by atoms with van der Waals surface area (Å²) in [6.07, 6.45) is -4.60. The van der Waals surface area contributed by atoms with E-state index in [0.717, 1.165) is 12.1 Å². The second-order valence-corrected chi connectivity index (χ2v) is 7.31. The Balaban J connectivity index is 2.15. The summed E-state index contributed by atoms with van der Waals surface area (Å²) >= 11 is 0. The van der Waals surface area contributed by atoms with E-state index in [1.807, 2.05) is 4.72 Å². The van der Waals surface area contributed by atoms with Crippen LogP contribution in [0.25, 0.3) is 0 Å². The van der Waals surface area contributed by atoms with E-state index in [9.17, 15) is 31.5 Å². The number of rotatable bonds is 7. The highest BCUT2D eigenvalue weighted by molar-refractivity contribution is 7.89. The number of ether oxygens (including phenoxy) is 1. The van der Waals surface area contributed by atoms with E-state index in [1.165, 1.54) is 37.4 Å². The summed E-state index contributed by atoms with van der Waals surface area (Å²) in [6, 6.07) is 7.47. The summed E-state index contributed by atoms with van der Waals surface area (Å²) in [5.74, 6) is -0.598. The molecule has 0 saturated heterocycles. The molecule has 2 aromatic carbocycles. The zero-order chi connectivity index (χ0) is 20.9. The third-order valence-electron chi connectivity index (χ3n) is 3.62. The van der Waals surface area contributed by atoms with Crippen molar-refractivity contribution >= 4 is 21.6 Å². The quantitative estimate of drug-likeness (QED) is 0.638. The molecule has 11 heteroatoms. The van der Waals surface area contributed by atoms with Gasteiger partial charge in [0.2, 0.25) is 15.9 Å². The second-order valence-electron chi connectivity index (χ2n) is 5.60. The van der Waals surface area contributed by atoms with Gasteiger partial charge in [0, 0.05) is 5.69 Å². The molecule has 0 aromatic heterocycles. The molecule has 0 saturated carbocycles. The number of carbonyl (C=O) groups excluding carboxylic acids is 1. The number of carbonyl (C=O) groups is 1. The molecule has 2 rings (SSSR count). The van der Waals surface area contributed by atoms with Crippen LogP contribution in [-0.4, -0.2) is 39.2 Å². The lowest BCUT2D eigenvalue weighted by molar-refractivity contribution is -0.137. The summed E-state index contributed by atoms with van der Waals surface area (Å²) in [5, 5.41) is 11.5. The average molecular weight is 418 g/mol. The summed E-state index contributed by atoms with van der Waals surface area (Å²) in [7, 11) is -2.77. The molecule has 28 heavy (non-hydrogen) atoms. The third-order valence-corrected chi connectivity index (χ3v) is 5.11. The van der Waals surface area contributed by atoms with Crippen molar-refractivity contribution in [1.82, 2.24) is 4.72 Å². The van der Waals surface area contributed by atoms with Crippen LogP contribution >= 0.6 is 0 Å². The van der Waals surface area contributed by atoms with Crippen LogP contribution < -0.4 is 14.8 Å². The van der Waals surface area contributed by atoms with Crippen LogP contribution in [0.3, 0.4) is 0 Å². The summed E-state index contributed by atoms with van der Waals surface area (Å²) < 4.78 is 69.9. The highest BCUT2D eigenvalue weighted by atomic mass is 32.2. The van der Waals surface area contributed by atoms with E-state index in [4.69, 9.17) is 4.74 Å². The lowest BCUT2D eigenvalue weighted by Gasteiger charge is -2.17. The van der Waals surface area contributed by atoms with Gasteiger partial charge in [0.25, 0.3) is 0 Å². The van der Waals surface area contributed by atoms with Gasteiger partial charge in [-0.05, 0) is 42.5 Å². The van der Waals surface area contributed by atoms with E-state index in [0.29, 0.717) is 11.8 Å². The van der Waals surface area contributed by atoms with Gasteiger partial charge in [0.05, 0.1) is 24.2 Å². The Morgan fingerprint density at radius 1 is 1.18 bits per heavy atom. The number of amides is 1. The highest BCUT2D eigenvalue weighted by Gasteiger charge is 2.31. The van der Waals surface area contributed by atoms with Crippen molar-refractivity contribution in [1.29, 1.82) is 0 Å². The minimum absolute atomic E-state index is 0.182. The van der Waals surface area contributed by atoms with Gasteiger partial charge in [-0.15, -0.1) is 0 Å². The predicted molar refractivity (Wildman–Crippen MR) is 94.3 cm³/mol. The number of nitrogens with one attached hydrogen (secondary N) is 2. The van der Waals surface area contributed by atoms with Crippen molar-refractivity contribution < 1.29 is 36.2 Å². The molecule has 0 fully saturated rings. The lowest BCUT2D eigenvalue weighted by atomic mass is 10.2. The molecule has 3 N–H and O–H groups in total. The molecule has 0 aliphatic rings. The van der Waals surface area contributed by atoms with Gasteiger partial charge in [-0.2, -0.15) is 17.9 Å². The SMILES string of the molecule is COc1ccc(S(=O)(=O)NC(CO)C(=O)Nc2cccc(C(F)(F)F)c2)cc1. The largest absolute Gasteiger partial charge is 0.497 e. The highest BCUT2D eigenvalue weighted by Crippen LogP contribution is 2.30. The first-order valence-electron chi connectivity index (χ1n) is 7.82. The summed E-state index contributed by atoms with van der Waals surface area (Å²) in [5.41, 5.74) is -1.17. The van der Waals surface area contributed by atoms with Gasteiger partial charge in [0.15, 0.2) is 0 Å². The second kappa shape index (κ2) is 8.59. The number of sulfonamides is 1. The number of anilines is 1. The Morgan fingerprint density at radius 2 is 1.82 bits per heavy atom. The molecule has 0 radical (unpaired) electrons. The van der Waals surface area contributed by atoms with Gasteiger partial charge in [-0.25, -0.2) is 8.42 Å². The maximum Gasteiger partial charge on any atom is 0.416 e. The molecule has 0 spiro atoms. The minimum atomic E-state index is -4.60. The fourth-order valence-electron chi connectivity index (χ4n) is 2.19. The van der Waals surface area contributed by atoms with Crippen LogP contribution in [0.15, 0.2) is 53.4 Å². The Hall–Kier alpha value is -2.63. The summed E-state index contributed by atoms with van der Waals surface area (Å²) in [4.78, 5) is 12.0. The molecule has 7 nitrogen and oxygen atoms in total. The fraction of sp³-hybridized carbons (Fsp3) is 0.235. The van der Waals surface area contributed by atoms with E-state index in [-0.39, 0.29) is 10.6 Å². The Labute approximate surface area is 159 Å². The normalized spacial score (nSPS) is 13.0. The van der Waals surface area contributed by atoms with E-state index >= 15 is 0 Å². The number of aliphatic hydroxyl groups is 1. The van der Waals surface area contributed by atoms with Crippen molar-refractivity contribution in [3.63, 3.8) is 0 Å². The topological polar surface area (TPSA) is 105 Å². The first-order chi connectivity index (χ1) is 13.1. The molecule has 0 aliphatic heterocycles. The molecule has 0 heterocycles. The van der Waals surface area contributed by atoms with Crippen LogP contribution in [0.4, 0.5) is 18.9 Å². The molecule has 1 unspecified atom stereocenters. The van der Waals surface area contributed by atoms with Crippen LogP contribution in [0.1, 0.15) is 5.56 Å². The maximum atomic E-state index is 12.7. The molecule has 1 atom stereocenters. The molecular formula is C17H17F3N2O5S.